The Kier molecular flexibility index (Phi) is 9.37. The molecule has 1 rings (SSSR count). The highest BCUT2D eigenvalue weighted by Gasteiger charge is 2.02. The Labute approximate surface area is 130 Å². The number of unbranched alkanes of at least 4 members (excludes halogenated alkanes) is 7. The van der Waals surface area contributed by atoms with E-state index >= 15 is 0 Å². The van der Waals surface area contributed by atoms with Gasteiger partial charge in [0.1, 0.15) is 0 Å². The summed E-state index contributed by atoms with van der Waals surface area (Å²) in [6.07, 6.45) is 12.2. The molecule has 2 nitrogen and oxygen atoms in total. The maximum atomic E-state index is 8.77. The van der Waals surface area contributed by atoms with Gasteiger partial charge in [-0.05, 0) is 37.6 Å². The summed E-state index contributed by atoms with van der Waals surface area (Å²) >= 11 is 0. The molecule has 0 saturated carbocycles. The summed E-state index contributed by atoms with van der Waals surface area (Å²) < 4.78 is 0. The van der Waals surface area contributed by atoms with E-state index in [2.05, 4.69) is 25.2 Å². The second-order valence-corrected chi connectivity index (χ2v) is 6.00. The van der Waals surface area contributed by atoms with Gasteiger partial charge in [0.2, 0.25) is 0 Å². The zero-order valence-corrected chi connectivity index (χ0v) is 13.7. The van der Waals surface area contributed by atoms with Gasteiger partial charge in [0.15, 0.2) is 0 Å². The lowest BCUT2D eigenvalue weighted by atomic mass is 10.1. The summed E-state index contributed by atoms with van der Waals surface area (Å²) in [5, 5.41) is 12.3. The molecule has 1 aromatic carbocycles. The standard InChI is InChI=1S/C19H30N2/c1-3-4-5-6-7-8-9-10-11-17(2)21-19-14-12-18(16-20)13-15-19/h12-15,17,21H,3-11H2,1-2H3. The summed E-state index contributed by atoms with van der Waals surface area (Å²) in [5.41, 5.74) is 1.83. The molecule has 0 saturated heterocycles. The van der Waals surface area contributed by atoms with Gasteiger partial charge in [0, 0.05) is 11.7 Å². The largest absolute Gasteiger partial charge is 0.383 e. The van der Waals surface area contributed by atoms with Crippen molar-refractivity contribution in [3.63, 3.8) is 0 Å². The Morgan fingerprint density at radius 2 is 1.52 bits per heavy atom. The summed E-state index contributed by atoms with van der Waals surface area (Å²) in [4.78, 5) is 0. The second-order valence-electron chi connectivity index (χ2n) is 6.00. The van der Waals surface area contributed by atoms with Crippen molar-refractivity contribution in [2.75, 3.05) is 5.32 Å². The van der Waals surface area contributed by atoms with Crippen molar-refractivity contribution in [3.05, 3.63) is 29.8 Å². The first-order valence-electron chi connectivity index (χ1n) is 8.53. The van der Waals surface area contributed by atoms with E-state index in [1.54, 1.807) is 0 Å². The van der Waals surface area contributed by atoms with Crippen LogP contribution in [0.4, 0.5) is 5.69 Å². The van der Waals surface area contributed by atoms with E-state index in [0.29, 0.717) is 6.04 Å². The number of anilines is 1. The van der Waals surface area contributed by atoms with E-state index in [-0.39, 0.29) is 0 Å². The summed E-state index contributed by atoms with van der Waals surface area (Å²) in [6, 6.07) is 10.4. The molecule has 0 bridgehead atoms. The van der Waals surface area contributed by atoms with Crippen LogP contribution in [0.5, 0.6) is 0 Å². The van der Waals surface area contributed by atoms with Crippen LogP contribution in [-0.2, 0) is 0 Å². The fourth-order valence-electron chi connectivity index (χ4n) is 2.58. The van der Waals surface area contributed by atoms with Crippen LogP contribution in [0.15, 0.2) is 24.3 Å². The van der Waals surface area contributed by atoms with E-state index in [4.69, 9.17) is 5.26 Å². The van der Waals surface area contributed by atoms with Crippen molar-refractivity contribution in [1.29, 1.82) is 5.26 Å². The van der Waals surface area contributed by atoms with E-state index in [1.165, 1.54) is 57.8 Å². The minimum absolute atomic E-state index is 0.498. The molecule has 21 heavy (non-hydrogen) atoms. The zero-order chi connectivity index (χ0) is 15.3. The van der Waals surface area contributed by atoms with Gasteiger partial charge in [-0.3, -0.25) is 0 Å². The molecular formula is C19H30N2. The van der Waals surface area contributed by atoms with Crippen molar-refractivity contribution in [1.82, 2.24) is 0 Å². The average molecular weight is 286 g/mol. The van der Waals surface area contributed by atoms with Crippen LogP contribution in [-0.4, -0.2) is 6.04 Å². The van der Waals surface area contributed by atoms with Crippen LogP contribution in [0, 0.1) is 11.3 Å². The average Bonchev–Trinajstić information content (AvgIpc) is 2.50. The minimum atomic E-state index is 0.498. The molecule has 0 heterocycles. The topological polar surface area (TPSA) is 35.8 Å². The van der Waals surface area contributed by atoms with Gasteiger partial charge in [-0.1, -0.05) is 58.3 Å². The SMILES string of the molecule is CCCCCCCCCCC(C)Nc1ccc(C#N)cc1. The molecular weight excluding hydrogens is 256 g/mol. The third-order valence-electron chi connectivity index (χ3n) is 3.92. The first kappa shape index (κ1) is 17.6. The number of hydrogen-bond donors (Lipinski definition) is 1. The van der Waals surface area contributed by atoms with Gasteiger partial charge in [-0.25, -0.2) is 0 Å². The highest BCUT2D eigenvalue weighted by molar-refractivity contribution is 5.47. The first-order valence-corrected chi connectivity index (χ1v) is 8.53. The molecule has 0 radical (unpaired) electrons. The predicted octanol–water partition coefficient (Wildman–Crippen LogP) is 5.89. The van der Waals surface area contributed by atoms with Gasteiger partial charge >= 0.3 is 0 Å². The lowest BCUT2D eigenvalue weighted by molar-refractivity contribution is 0.550. The number of benzene rings is 1. The second kappa shape index (κ2) is 11.2. The van der Waals surface area contributed by atoms with Crippen LogP contribution in [0.25, 0.3) is 0 Å². The summed E-state index contributed by atoms with van der Waals surface area (Å²) in [6.45, 7) is 4.50. The number of hydrogen-bond acceptors (Lipinski definition) is 2. The Hall–Kier alpha value is -1.49. The molecule has 1 N–H and O–H groups in total. The molecule has 1 unspecified atom stereocenters. The van der Waals surface area contributed by atoms with Gasteiger partial charge in [0.05, 0.1) is 11.6 Å². The molecule has 0 aliphatic heterocycles. The summed E-state index contributed by atoms with van der Waals surface area (Å²) in [5.74, 6) is 0. The van der Waals surface area contributed by atoms with E-state index in [1.807, 2.05) is 24.3 Å². The Bertz CT molecular complexity index is 403. The molecule has 0 aliphatic carbocycles. The Balaban J connectivity index is 2.05. The van der Waals surface area contributed by atoms with Crippen LogP contribution in [0.3, 0.4) is 0 Å². The predicted molar refractivity (Wildman–Crippen MR) is 91.5 cm³/mol. The molecule has 0 aromatic heterocycles. The van der Waals surface area contributed by atoms with Crippen molar-refractivity contribution < 1.29 is 0 Å². The molecule has 0 aliphatic rings. The molecule has 1 atom stereocenters. The Morgan fingerprint density at radius 3 is 2.10 bits per heavy atom. The van der Waals surface area contributed by atoms with E-state index in [0.717, 1.165) is 11.3 Å². The van der Waals surface area contributed by atoms with Crippen LogP contribution < -0.4 is 5.32 Å². The number of nitriles is 1. The summed E-state index contributed by atoms with van der Waals surface area (Å²) in [7, 11) is 0. The zero-order valence-electron chi connectivity index (χ0n) is 13.7. The number of rotatable bonds is 11. The van der Waals surface area contributed by atoms with E-state index < -0.39 is 0 Å². The van der Waals surface area contributed by atoms with Crippen molar-refractivity contribution in [3.8, 4) is 6.07 Å². The molecule has 1 aromatic rings. The molecule has 116 valence electrons. The van der Waals surface area contributed by atoms with Crippen molar-refractivity contribution in [2.24, 2.45) is 0 Å². The lowest BCUT2D eigenvalue weighted by Gasteiger charge is -2.15. The minimum Gasteiger partial charge on any atom is -0.383 e. The highest BCUT2D eigenvalue weighted by Crippen LogP contribution is 2.14. The third-order valence-corrected chi connectivity index (χ3v) is 3.92. The molecule has 2 heteroatoms. The number of nitrogens with zero attached hydrogens (tertiary/aromatic N) is 1. The lowest BCUT2D eigenvalue weighted by Crippen LogP contribution is -2.14. The fraction of sp³-hybridized carbons (Fsp3) is 0.632. The smallest absolute Gasteiger partial charge is 0.0991 e. The molecule has 0 fully saturated rings. The third kappa shape index (κ3) is 8.40. The van der Waals surface area contributed by atoms with Crippen molar-refractivity contribution >= 4 is 5.69 Å². The van der Waals surface area contributed by atoms with E-state index in [9.17, 15) is 0 Å². The maximum Gasteiger partial charge on any atom is 0.0991 e. The molecule has 0 amide bonds. The first-order chi connectivity index (χ1) is 10.3. The van der Waals surface area contributed by atoms with Gasteiger partial charge < -0.3 is 5.32 Å². The maximum absolute atomic E-state index is 8.77. The number of nitrogens with one attached hydrogen (secondary N) is 1. The quantitative estimate of drug-likeness (QED) is 0.515. The van der Waals surface area contributed by atoms with Gasteiger partial charge in [-0.15, -0.1) is 0 Å². The highest BCUT2D eigenvalue weighted by atomic mass is 14.9. The van der Waals surface area contributed by atoms with Crippen LogP contribution >= 0.6 is 0 Å². The molecule has 0 spiro atoms. The van der Waals surface area contributed by atoms with Crippen LogP contribution in [0.2, 0.25) is 0 Å². The monoisotopic (exact) mass is 286 g/mol. The normalized spacial score (nSPS) is 11.9. The van der Waals surface area contributed by atoms with Crippen LogP contribution in [0.1, 0.15) is 77.2 Å². The Morgan fingerprint density at radius 1 is 0.952 bits per heavy atom. The van der Waals surface area contributed by atoms with Gasteiger partial charge in [-0.2, -0.15) is 5.26 Å². The van der Waals surface area contributed by atoms with Crippen molar-refractivity contribution in [2.45, 2.75) is 77.7 Å². The fourth-order valence-corrected chi connectivity index (χ4v) is 2.58. The van der Waals surface area contributed by atoms with Gasteiger partial charge in [0.25, 0.3) is 0 Å².